The van der Waals surface area contributed by atoms with Crippen LogP contribution < -0.4 is 11.0 Å². The van der Waals surface area contributed by atoms with Crippen LogP contribution in [0.3, 0.4) is 0 Å². The van der Waals surface area contributed by atoms with Crippen LogP contribution in [0.15, 0.2) is 41.2 Å². The van der Waals surface area contributed by atoms with E-state index in [0.29, 0.717) is 6.54 Å². The van der Waals surface area contributed by atoms with Gasteiger partial charge >= 0.3 is 11.7 Å². The highest BCUT2D eigenvalue weighted by Crippen LogP contribution is 2.21. The van der Waals surface area contributed by atoms with Gasteiger partial charge in [0, 0.05) is 18.8 Å². The minimum absolute atomic E-state index is 0.00983. The summed E-state index contributed by atoms with van der Waals surface area (Å²) >= 11 is 0. The van der Waals surface area contributed by atoms with Crippen molar-refractivity contribution in [2.45, 2.75) is 53.6 Å². The van der Waals surface area contributed by atoms with Gasteiger partial charge in [0.1, 0.15) is 0 Å². The molecule has 0 radical (unpaired) electrons. The number of aryl methyl sites for hydroxylation is 5. The molecule has 1 N–H and O–H groups in total. The van der Waals surface area contributed by atoms with Crippen LogP contribution in [0.5, 0.6) is 0 Å². The molecule has 0 unspecified atom stereocenters. The summed E-state index contributed by atoms with van der Waals surface area (Å²) in [6.45, 7) is 8.32. The molecular formula is C24H29N3O4. The average Bonchev–Trinajstić information content (AvgIpc) is 2.99. The van der Waals surface area contributed by atoms with E-state index in [-0.39, 0.29) is 31.2 Å². The first-order chi connectivity index (χ1) is 14.8. The van der Waals surface area contributed by atoms with E-state index in [1.807, 2.05) is 64.1 Å². The molecule has 0 aliphatic carbocycles. The lowest BCUT2D eigenvalue weighted by atomic mass is 10.1. The molecule has 0 saturated carbocycles. The number of amides is 1. The highest BCUT2D eigenvalue weighted by atomic mass is 16.5. The molecule has 0 saturated heterocycles. The van der Waals surface area contributed by atoms with Gasteiger partial charge in [-0.2, -0.15) is 0 Å². The summed E-state index contributed by atoms with van der Waals surface area (Å²) in [7, 11) is 0. The minimum atomic E-state index is -0.522. The maximum atomic E-state index is 12.8. The topological polar surface area (TPSA) is 82.3 Å². The number of carbonyl (C=O) groups is 2. The molecular weight excluding hydrogens is 394 g/mol. The molecule has 1 aromatic heterocycles. The van der Waals surface area contributed by atoms with Crippen LogP contribution >= 0.6 is 0 Å². The van der Waals surface area contributed by atoms with Gasteiger partial charge in [0.15, 0.2) is 6.61 Å². The van der Waals surface area contributed by atoms with Crippen LogP contribution in [0, 0.1) is 20.8 Å². The number of hydrogen-bond donors (Lipinski definition) is 1. The summed E-state index contributed by atoms with van der Waals surface area (Å²) in [5.74, 6) is -0.910. The molecule has 0 aliphatic rings. The van der Waals surface area contributed by atoms with Gasteiger partial charge in [0.2, 0.25) is 0 Å². The Labute approximate surface area is 181 Å². The summed E-state index contributed by atoms with van der Waals surface area (Å²) in [5.41, 5.74) is 5.28. The second-order valence-corrected chi connectivity index (χ2v) is 7.81. The molecule has 164 valence electrons. The van der Waals surface area contributed by atoms with E-state index in [2.05, 4.69) is 5.32 Å². The number of esters is 1. The number of aromatic nitrogens is 2. The Morgan fingerprint density at radius 2 is 1.55 bits per heavy atom. The third kappa shape index (κ3) is 5.05. The number of anilines is 1. The average molecular weight is 424 g/mol. The number of carbonyl (C=O) groups excluding carboxylic acids is 2. The van der Waals surface area contributed by atoms with Gasteiger partial charge in [0.25, 0.3) is 5.91 Å². The zero-order valence-electron chi connectivity index (χ0n) is 18.5. The van der Waals surface area contributed by atoms with Crippen LogP contribution in [0.2, 0.25) is 0 Å². The van der Waals surface area contributed by atoms with Crippen LogP contribution in [-0.4, -0.2) is 27.6 Å². The van der Waals surface area contributed by atoms with Crippen molar-refractivity contribution in [3.63, 3.8) is 0 Å². The van der Waals surface area contributed by atoms with Crippen LogP contribution in [0.1, 0.15) is 36.5 Å². The number of nitrogens with zero attached hydrogens (tertiary/aromatic N) is 2. The first-order valence-electron chi connectivity index (χ1n) is 10.5. The van der Waals surface area contributed by atoms with Crippen molar-refractivity contribution in [1.29, 1.82) is 0 Å². The number of rotatable bonds is 8. The monoisotopic (exact) mass is 423 g/mol. The predicted molar refractivity (Wildman–Crippen MR) is 121 cm³/mol. The maximum absolute atomic E-state index is 12.8. The Balaban J connectivity index is 1.60. The Morgan fingerprint density at radius 3 is 2.13 bits per heavy atom. The fourth-order valence-corrected chi connectivity index (χ4v) is 3.90. The molecule has 7 heteroatoms. The molecule has 2 aromatic carbocycles. The zero-order valence-corrected chi connectivity index (χ0v) is 18.5. The molecule has 0 spiro atoms. The minimum Gasteiger partial charge on any atom is -0.456 e. The van der Waals surface area contributed by atoms with Crippen molar-refractivity contribution in [2.75, 3.05) is 11.9 Å². The van der Waals surface area contributed by atoms with Crippen molar-refractivity contribution in [3.05, 3.63) is 63.6 Å². The van der Waals surface area contributed by atoms with Gasteiger partial charge in [0.05, 0.1) is 17.5 Å². The van der Waals surface area contributed by atoms with Gasteiger partial charge in [-0.05, 0) is 50.5 Å². The fraction of sp³-hybridized carbons (Fsp3) is 0.375. The van der Waals surface area contributed by atoms with E-state index in [0.717, 1.165) is 39.8 Å². The van der Waals surface area contributed by atoms with E-state index < -0.39 is 5.97 Å². The Morgan fingerprint density at radius 1 is 0.968 bits per heavy atom. The smallest absolute Gasteiger partial charge is 0.329 e. The van der Waals surface area contributed by atoms with Crippen molar-refractivity contribution < 1.29 is 14.3 Å². The quantitative estimate of drug-likeness (QED) is 0.560. The standard InChI is InChI=1S/C24H29N3O4/c1-5-11-26-19-8-6-7-9-20(19)27(24(26)30)12-10-22(29)31-15-21(28)25-23-17(3)13-16(2)14-18(23)4/h6-9,13-14H,5,10-12,15H2,1-4H3,(H,25,28). The summed E-state index contributed by atoms with van der Waals surface area (Å²) < 4.78 is 8.45. The number of hydrogen-bond acceptors (Lipinski definition) is 4. The Kier molecular flexibility index (Phi) is 6.95. The second kappa shape index (κ2) is 9.64. The molecule has 3 aromatic rings. The van der Waals surface area contributed by atoms with Crippen molar-refractivity contribution in [1.82, 2.24) is 9.13 Å². The SMILES string of the molecule is CCCn1c(=O)n(CCC(=O)OCC(=O)Nc2c(C)cc(C)cc2C)c2ccccc21. The van der Waals surface area contributed by atoms with Gasteiger partial charge in [-0.25, -0.2) is 4.79 Å². The lowest BCUT2D eigenvalue weighted by molar-refractivity contribution is -0.147. The highest BCUT2D eigenvalue weighted by Gasteiger charge is 2.15. The normalized spacial score (nSPS) is 11.0. The first-order valence-corrected chi connectivity index (χ1v) is 10.5. The number of fused-ring (bicyclic) bond motifs is 1. The van der Waals surface area contributed by atoms with Gasteiger partial charge < -0.3 is 10.1 Å². The number of imidazole rings is 1. The Bertz CT molecular complexity index is 1150. The molecule has 31 heavy (non-hydrogen) atoms. The molecule has 0 atom stereocenters. The molecule has 0 fully saturated rings. The Hall–Kier alpha value is -3.35. The van der Waals surface area contributed by atoms with Crippen LogP contribution in [0.4, 0.5) is 5.69 Å². The van der Waals surface area contributed by atoms with E-state index >= 15 is 0 Å². The van der Waals surface area contributed by atoms with E-state index in [1.54, 1.807) is 9.13 Å². The highest BCUT2D eigenvalue weighted by molar-refractivity contribution is 5.94. The third-order valence-corrected chi connectivity index (χ3v) is 5.22. The molecule has 3 rings (SSSR count). The fourth-order valence-electron chi connectivity index (χ4n) is 3.90. The second-order valence-electron chi connectivity index (χ2n) is 7.81. The van der Waals surface area contributed by atoms with Gasteiger partial charge in [-0.15, -0.1) is 0 Å². The van der Waals surface area contributed by atoms with Crippen molar-refractivity contribution in [2.24, 2.45) is 0 Å². The van der Waals surface area contributed by atoms with Crippen LogP contribution in [0.25, 0.3) is 11.0 Å². The number of benzene rings is 2. The summed E-state index contributed by atoms with van der Waals surface area (Å²) in [5, 5.41) is 2.81. The van der Waals surface area contributed by atoms with E-state index in [4.69, 9.17) is 4.74 Å². The molecule has 0 bridgehead atoms. The molecule has 1 amide bonds. The summed E-state index contributed by atoms with van der Waals surface area (Å²) in [6.07, 6.45) is 0.848. The van der Waals surface area contributed by atoms with Gasteiger partial charge in [-0.3, -0.25) is 18.7 Å². The number of para-hydroxylation sites is 2. The van der Waals surface area contributed by atoms with E-state index in [1.165, 1.54) is 0 Å². The predicted octanol–water partition coefficient (Wildman–Crippen LogP) is 3.71. The molecule has 7 nitrogen and oxygen atoms in total. The zero-order chi connectivity index (χ0) is 22.5. The maximum Gasteiger partial charge on any atom is 0.329 e. The van der Waals surface area contributed by atoms with Gasteiger partial charge in [-0.1, -0.05) is 36.8 Å². The largest absolute Gasteiger partial charge is 0.456 e. The number of ether oxygens (including phenoxy) is 1. The summed E-state index contributed by atoms with van der Waals surface area (Å²) in [6, 6.07) is 11.5. The van der Waals surface area contributed by atoms with E-state index in [9.17, 15) is 14.4 Å². The molecule has 0 aliphatic heterocycles. The number of nitrogens with one attached hydrogen (secondary N) is 1. The third-order valence-electron chi connectivity index (χ3n) is 5.22. The van der Waals surface area contributed by atoms with Crippen molar-refractivity contribution >= 4 is 28.6 Å². The molecule has 1 heterocycles. The van der Waals surface area contributed by atoms with Crippen molar-refractivity contribution in [3.8, 4) is 0 Å². The summed E-state index contributed by atoms with van der Waals surface area (Å²) in [4.78, 5) is 37.2. The lowest BCUT2D eigenvalue weighted by Gasteiger charge is -2.13. The first kappa shape index (κ1) is 22.3. The lowest BCUT2D eigenvalue weighted by Crippen LogP contribution is -2.26. The van der Waals surface area contributed by atoms with Crippen LogP contribution in [-0.2, 0) is 27.4 Å².